The maximum absolute atomic E-state index is 2.50. The summed E-state index contributed by atoms with van der Waals surface area (Å²) in [6, 6.07) is 8.94. The number of allylic oxidation sites excluding steroid dienone is 1. The van der Waals surface area contributed by atoms with Gasteiger partial charge in [0.15, 0.2) is 0 Å². The van der Waals surface area contributed by atoms with Gasteiger partial charge in [0.05, 0.1) is 0 Å². The molecule has 68 valence electrons. The topological polar surface area (TPSA) is 0 Å². The van der Waals surface area contributed by atoms with Gasteiger partial charge in [0.1, 0.15) is 0 Å². The summed E-state index contributed by atoms with van der Waals surface area (Å²) in [5, 5.41) is 1.40. The Kier molecular flexibility index (Phi) is 3.12. The molecule has 1 aliphatic rings. The first-order valence-corrected chi connectivity index (χ1v) is 7.50. The molecule has 0 aromatic heterocycles. The maximum atomic E-state index is 2.50. The number of aryl methyl sites for hydroxylation is 1. The third-order valence-corrected chi connectivity index (χ3v) is 6.50. The molecule has 13 heavy (non-hydrogen) atoms. The zero-order valence-electron chi connectivity index (χ0n) is 7.51. The second kappa shape index (κ2) is 4.16. The van der Waals surface area contributed by atoms with Crippen LogP contribution in [0, 0.1) is 6.92 Å². The Bertz CT molecular complexity index is 338. The van der Waals surface area contributed by atoms with Crippen molar-refractivity contribution in [2.24, 2.45) is 0 Å². The van der Waals surface area contributed by atoms with Gasteiger partial charge in [-0.25, -0.2) is 0 Å². The molecule has 2 rings (SSSR count). The molecule has 2 heteroatoms. The Morgan fingerprint density at radius 1 is 1.23 bits per heavy atom. The summed E-state index contributed by atoms with van der Waals surface area (Å²) in [6.07, 6.45) is 1.31. The molecule has 1 aromatic carbocycles. The molecular weight excluding hydrogens is 338 g/mol. The molecule has 1 aliphatic heterocycles. The van der Waals surface area contributed by atoms with Crippen molar-refractivity contribution < 1.29 is 0 Å². The van der Waals surface area contributed by atoms with Crippen molar-refractivity contribution in [2.75, 3.05) is 0 Å². The third kappa shape index (κ3) is 2.17. The molecule has 0 N–H and O–H groups in total. The zero-order valence-corrected chi connectivity index (χ0v) is 11.4. The normalized spacial score (nSPS) is 16.8. The van der Waals surface area contributed by atoms with E-state index in [0.29, 0.717) is 0 Å². The van der Waals surface area contributed by atoms with Crippen LogP contribution < -0.4 is 0 Å². The van der Waals surface area contributed by atoms with Crippen molar-refractivity contribution in [1.82, 2.24) is 0 Å². The molecule has 0 fully saturated rings. The van der Waals surface area contributed by atoms with Gasteiger partial charge in [-0.15, -0.1) is 0 Å². The van der Waals surface area contributed by atoms with Crippen molar-refractivity contribution in [3.63, 3.8) is 0 Å². The SMILES string of the molecule is Cc1ccc(C2=C(I)CC[Se]2)cc1. The average molecular weight is 349 g/mol. The van der Waals surface area contributed by atoms with Crippen LogP contribution in [0.15, 0.2) is 27.8 Å². The van der Waals surface area contributed by atoms with Crippen LogP contribution in [0.4, 0.5) is 0 Å². The Morgan fingerprint density at radius 2 is 1.92 bits per heavy atom. The number of benzene rings is 1. The van der Waals surface area contributed by atoms with Gasteiger partial charge < -0.3 is 0 Å². The van der Waals surface area contributed by atoms with E-state index in [-0.39, 0.29) is 0 Å². The van der Waals surface area contributed by atoms with E-state index in [1.807, 2.05) is 0 Å². The molecule has 0 nitrogen and oxygen atoms in total. The van der Waals surface area contributed by atoms with E-state index in [9.17, 15) is 0 Å². The van der Waals surface area contributed by atoms with Crippen molar-refractivity contribution in [3.8, 4) is 0 Å². The molecular formula is C11H11ISe. The average Bonchev–Trinajstić information content (AvgIpc) is 2.53. The van der Waals surface area contributed by atoms with Gasteiger partial charge in [-0.05, 0) is 0 Å². The van der Waals surface area contributed by atoms with Gasteiger partial charge in [-0.1, -0.05) is 0 Å². The zero-order chi connectivity index (χ0) is 9.26. The molecule has 0 saturated carbocycles. The third-order valence-electron chi connectivity index (χ3n) is 2.13. The van der Waals surface area contributed by atoms with Crippen LogP contribution in [-0.4, -0.2) is 15.0 Å². The van der Waals surface area contributed by atoms with Gasteiger partial charge >= 0.3 is 99.7 Å². The van der Waals surface area contributed by atoms with E-state index in [1.165, 1.54) is 22.9 Å². The van der Waals surface area contributed by atoms with E-state index in [2.05, 4.69) is 53.8 Å². The molecule has 0 amide bonds. The summed E-state index contributed by atoms with van der Waals surface area (Å²) in [5.41, 5.74) is 2.80. The van der Waals surface area contributed by atoms with Crippen LogP contribution in [0.3, 0.4) is 0 Å². The second-order valence-corrected chi connectivity index (χ2v) is 6.82. The van der Waals surface area contributed by atoms with Crippen LogP contribution >= 0.6 is 22.6 Å². The number of hydrogen-bond acceptors (Lipinski definition) is 0. The standard InChI is InChI=1S/C11H11ISe/c1-8-2-4-9(5-3-8)11-10(12)6-7-13-11/h2-5H,6-7H2,1H3. The van der Waals surface area contributed by atoms with Crippen molar-refractivity contribution in [3.05, 3.63) is 39.0 Å². The van der Waals surface area contributed by atoms with Crippen LogP contribution in [-0.2, 0) is 0 Å². The molecule has 0 atom stereocenters. The Balaban J connectivity index is 2.36. The Hall–Kier alpha value is 0.209. The molecule has 0 spiro atoms. The van der Waals surface area contributed by atoms with Crippen molar-refractivity contribution in [2.45, 2.75) is 18.7 Å². The fourth-order valence-electron chi connectivity index (χ4n) is 1.38. The van der Waals surface area contributed by atoms with E-state index in [4.69, 9.17) is 0 Å². The first-order valence-electron chi connectivity index (χ1n) is 4.36. The summed E-state index contributed by atoms with van der Waals surface area (Å²) in [5.74, 6) is 0. The summed E-state index contributed by atoms with van der Waals surface area (Å²) < 4.78 is 3.22. The monoisotopic (exact) mass is 350 g/mol. The number of rotatable bonds is 1. The molecule has 0 saturated heterocycles. The van der Waals surface area contributed by atoms with Crippen LogP contribution in [0.5, 0.6) is 0 Å². The molecule has 1 heterocycles. The van der Waals surface area contributed by atoms with Crippen molar-refractivity contribution in [1.29, 1.82) is 0 Å². The van der Waals surface area contributed by atoms with Gasteiger partial charge in [-0.3, -0.25) is 0 Å². The Morgan fingerprint density at radius 3 is 2.46 bits per heavy atom. The van der Waals surface area contributed by atoms with Crippen LogP contribution in [0.25, 0.3) is 4.47 Å². The first-order chi connectivity index (χ1) is 6.27. The van der Waals surface area contributed by atoms with Crippen LogP contribution in [0.2, 0.25) is 5.32 Å². The predicted molar refractivity (Wildman–Crippen MR) is 67.3 cm³/mol. The summed E-state index contributed by atoms with van der Waals surface area (Å²) in [6.45, 7) is 2.14. The quantitative estimate of drug-likeness (QED) is 0.537. The first kappa shape index (κ1) is 9.75. The fourth-order valence-corrected chi connectivity index (χ4v) is 5.84. The van der Waals surface area contributed by atoms with Gasteiger partial charge in [0, 0.05) is 0 Å². The minimum atomic E-state index is 0.728. The number of halogens is 1. The fraction of sp³-hybridized carbons (Fsp3) is 0.273. The summed E-state index contributed by atoms with van der Waals surface area (Å²) in [4.78, 5) is 0. The van der Waals surface area contributed by atoms with E-state index in [1.54, 1.807) is 8.05 Å². The van der Waals surface area contributed by atoms with E-state index < -0.39 is 0 Å². The molecule has 1 aromatic rings. The summed E-state index contributed by atoms with van der Waals surface area (Å²) in [7, 11) is 0. The second-order valence-electron chi connectivity index (χ2n) is 3.20. The van der Waals surface area contributed by atoms with Crippen molar-refractivity contribution >= 4 is 42.0 Å². The summed E-state index contributed by atoms with van der Waals surface area (Å²) >= 11 is 3.23. The Labute approximate surface area is 99.1 Å². The van der Waals surface area contributed by atoms with Gasteiger partial charge in [-0.2, -0.15) is 0 Å². The number of hydrogen-bond donors (Lipinski definition) is 0. The predicted octanol–water partition coefficient (Wildman–Crippen LogP) is 3.62. The van der Waals surface area contributed by atoms with Gasteiger partial charge in [0.25, 0.3) is 0 Å². The van der Waals surface area contributed by atoms with E-state index >= 15 is 0 Å². The molecule has 0 bridgehead atoms. The van der Waals surface area contributed by atoms with E-state index in [0.717, 1.165) is 15.0 Å². The van der Waals surface area contributed by atoms with Crippen LogP contribution in [0.1, 0.15) is 17.5 Å². The molecule has 0 radical (unpaired) electrons. The minimum absolute atomic E-state index is 0.728. The van der Waals surface area contributed by atoms with Gasteiger partial charge in [0.2, 0.25) is 0 Å². The molecule has 0 unspecified atom stereocenters. The molecule has 0 aliphatic carbocycles.